The molecule has 1 N–H and O–H groups in total. The van der Waals surface area contributed by atoms with Gasteiger partial charge in [-0.25, -0.2) is 17.8 Å². The van der Waals surface area contributed by atoms with Gasteiger partial charge in [-0.1, -0.05) is 11.3 Å². The van der Waals surface area contributed by atoms with Gasteiger partial charge in [-0.15, -0.1) is 5.10 Å². The van der Waals surface area contributed by atoms with E-state index in [2.05, 4.69) is 15.0 Å². The van der Waals surface area contributed by atoms with Crippen LogP contribution < -0.4 is 4.72 Å². The first-order valence-corrected chi connectivity index (χ1v) is 13.1. The molecule has 1 aromatic carbocycles. The van der Waals surface area contributed by atoms with Crippen LogP contribution in [0.15, 0.2) is 17.2 Å². The molecule has 11 heteroatoms. The van der Waals surface area contributed by atoms with E-state index < -0.39 is 10.0 Å². The molecule has 0 spiro atoms. The number of sulfonamides is 1. The van der Waals surface area contributed by atoms with Gasteiger partial charge < -0.3 is 9.80 Å². The highest BCUT2D eigenvalue weighted by atomic mass is 32.2. The van der Waals surface area contributed by atoms with E-state index in [1.165, 1.54) is 0 Å². The van der Waals surface area contributed by atoms with E-state index in [1.807, 2.05) is 26.1 Å². The van der Waals surface area contributed by atoms with Gasteiger partial charge in [0.2, 0.25) is 21.8 Å². The van der Waals surface area contributed by atoms with Crippen molar-refractivity contribution in [2.45, 2.75) is 64.4 Å². The van der Waals surface area contributed by atoms with Crippen molar-refractivity contribution >= 4 is 21.8 Å². The zero-order valence-electron chi connectivity index (χ0n) is 20.2. The third kappa shape index (κ3) is 4.85. The number of nitrogens with zero attached hydrogens (tertiary/aromatic N) is 5. The smallest absolute Gasteiger partial charge is 0.241 e. The standard InChI is InChI=1S/C23H32N6O4S/c1-15-10-16(2)18(4)23(17(15)3)34(32,33)24-8-7-22(31)28-13-20(14-28)29-12-19(25-26-29)11-27-9-5-6-21(27)30/h10,12,20,24H,5-9,11,13-14H2,1-4H3. The van der Waals surface area contributed by atoms with Crippen molar-refractivity contribution in [3.05, 3.63) is 40.2 Å². The number of aryl methyl sites for hydroxylation is 2. The SMILES string of the molecule is Cc1cc(C)c(C)c(S(=O)(=O)NCCC(=O)N2CC(n3cc(CN4CCCC4=O)nn3)C2)c1C. The molecule has 4 rings (SSSR count). The van der Waals surface area contributed by atoms with Crippen LogP contribution in [0.5, 0.6) is 0 Å². The lowest BCUT2D eigenvalue weighted by molar-refractivity contribution is -0.137. The van der Waals surface area contributed by atoms with E-state index in [-0.39, 0.29) is 30.8 Å². The molecule has 2 aliphatic heterocycles. The molecule has 184 valence electrons. The molecule has 0 unspecified atom stereocenters. The van der Waals surface area contributed by atoms with E-state index in [1.54, 1.807) is 28.3 Å². The van der Waals surface area contributed by atoms with E-state index in [0.29, 0.717) is 31.0 Å². The molecule has 2 amide bonds. The van der Waals surface area contributed by atoms with E-state index in [4.69, 9.17) is 0 Å². The Morgan fingerprint density at radius 2 is 1.82 bits per heavy atom. The number of nitrogens with one attached hydrogen (secondary N) is 1. The Bertz CT molecular complexity index is 1190. The summed E-state index contributed by atoms with van der Waals surface area (Å²) in [5.74, 6) is 0.0456. The highest BCUT2D eigenvalue weighted by Crippen LogP contribution is 2.26. The normalized spacial score (nSPS) is 16.9. The number of hydrogen-bond donors (Lipinski definition) is 1. The lowest BCUT2D eigenvalue weighted by atomic mass is 10.0. The number of carbonyl (C=O) groups is 2. The molecule has 10 nitrogen and oxygen atoms in total. The second-order valence-electron chi connectivity index (χ2n) is 9.30. The molecule has 34 heavy (non-hydrogen) atoms. The maximum atomic E-state index is 12.9. The molecule has 2 saturated heterocycles. The number of rotatable bonds is 8. The molecule has 0 atom stereocenters. The largest absolute Gasteiger partial charge is 0.338 e. The Hall–Kier alpha value is -2.79. The summed E-state index contributed by atoms with van der Waals surface area (Å²) in [7, 11) is -3.71. The fraction of sp³-hybridized carbons (Fsp3) is 0.565. The number of aromatic nitrogens is 3. The van der Waals surface area contributed by atoms with Gasteiger partial charge in [0.25, 0.3) is 0 Å². The average molecular weight is 489 g/mol. The molecule has 0 aliphatic carbocycles. The summed E-state index contributed by atoms with van der Waals surface area (Å²) >= 11 is 0. The minimum absolute atomic E-state index is 0.0386. The van der Waals surface area contributed by atoms with Crippen LogP contribution in [0.4, 0.5) is 0 Å². The van der Waals surface area contributed by atoms with E-state index in [0.717, 1.165) is 40.9 Å². The van der Waals surface area contributed by atoms with Crippen molar-refractivity contribution in [2.75, 3.05) is 26.2 Å². The number of benzene rings is 1. The van der Waals surface area contributed by atoms with Crippen molar-refractivity contribution < 1.29 is 18.0 Å². The molecule has 0 bridgehead atoms. The Morgan fingerprint density at radius 1 is 1.15 bits per heavy atom. The fourth-order valence-electron chi connectivity index (χ4n) is 4.56. The lowest BCUT2D eigenvalue weighted by Gasteiger charge is -2.39. The molecule has 2 aromatic rings. The third-order valence-corrected chi connectivity index (χ3v) is 8.60. The van der Waals surface area contributed by atoms with Crippen LogP contribution in [-0.4, -0.2) is 71.2 Å². The van der Waals surface area contributed by atoms with Gasteiger partial charge in [-0.05, 0) is 56.4 Å². The number of likely N-dealkylation sites (tertiary alicyclic amines) is 2. The van der Waals surface area contributed by atoms with Crippen LogP contribution in [0.2, 0.25) is 0 Å². The Labute approximate surface area is 200 Å². The van der Waals surface area contributed by atoms with E-state index >= 15 is 0 Å². The Balaban J connectivity index is 1.26. The van der Waals surface area contributed by atoms with Crippen LogP contribution in [0, 0.1) is 27.7 Å². The first-order chi connectivity index (χ1) is 16.1. The average Bonchev–Trinajstić information content (AvgIpc) is 3.35. The Kier molecular flexibility index (Phi) is 6.77. The van der Waals surface area contributed by atoms with Gasteiger partial charge in [0, 0.05) is 39.0 Å². The minimum Gasteiger partial charge on any atom is -0.338 e. The van der Waals surface area contributed by atoms with Gasteiger partial charge in [-0.3, -0.25) is 9.59 Å². The Morgan fingerprint density at radius 3 is 2.44 bits per heavy atom. The summed E-state index contributed by atoms with van der Waals surface area (Å²) in [6.45, 7) is 9.69. The molecule has 1 aromatic heterocycles. The van der Waals surface area contributed by atoms with Gasteiger partial charge in [0.15, 0.2) is 0 Å². The van der Waals surface area contributed by atoms with Crippen LogP contribution in [0.1, 0.15) is 53.3 Å². The molecular formula is C23H32N6O4S. The highest BCUT2D eigenvalue weighted by Gasteiger charge is 2.33. The zero-order valence-corrected chi connectivity index (χ0v) is 21.0. The maximum Gasteiger partial charge on any atom is 0.241 e. The summed E-state index contributed by atoms with van der Waals surface area (Å²) in [5, 5.41) is 8.31. The van der Waals surface area contributed by atoms with Crippen molar-refractivity contribution in [1.29, 1.82) is 0 Å². The van der Waals surface area contributed by atoms with Gasteiger partial charge in [-0.2, -0.15) is 0 Å². The van der Waals surface area contributed by atoms with Crippen molar-refractivity contribution in [2.24, 2.45) is 0 Å². The monoisotopic (exact) mass is 488 g/mol. The second-order valence-corrected chi connectivity index (χ2v) is 11.0. The first-order valence-electron chi connectivity index (χ1n) is 11.6. The maximum absolute atomic E-state index is 12.9. The molecule has 2 aliphatic rings. The predicted octanol–water partition coefficient (Wildman–Crippen LogP) is 1.39. The number of hydrogen-bond acceptors (Lipinski definition) is 6. The quantitative estimate of drug-likeness (QED) is 0.600. The third-order valence-electron chi connectivity index (χ3n) is 6.87. The zero-order chi connectivity index (χ0) is 24.6. The summed E-state index contributed by atoms with van der Waals surface area (Å²) < 4.78 is 30.2. The highest BCUT2D eigenvalue weighted by molar-refractivity contribution is 7.89. The topological polar surface area (TPSA) is 118 Å². The predicted molar refractivity (Wildman–Crippen MR) is 125 cm³/mol. The molecule has 3 heterocycles. The van der Waals surface area contributed by atoms with Crippen molar-refractivity contribution in [1.82, 2.24) is 29.5 Å². The molecule has 0 radical (unpaired) electrons. The van der Waals surface area contributed by atoms with Crippen LogP contribution in [0.3, 0.4) is 0 Å². The van der Waals surface area contributed by atoms with Gasteiger partial charge >= 0.3 is 0 Å². The van der Waals surface area contributed by atoms with Crippen molar-refractivity contribution in [3.8, 4) is 0 Å². The van der Waals surface area contributed by atoms with Crippen LogP contribution in [0.25, 0.3) is 0 Å². The molecule has 2 fully saturated rings. The second kappa shape index (κ2) is 9.46. The molecular weight excluding hydrogens is 456 g/mol. The van der Waals surface area contributed by atoms with Crippen molar-refractivity contribution in [3.63, 3.8) is 0 Å². The first kappa shape index (κ1) is 24.3. The van der Waals surface area contributed by atoms with Crippen LogP contribution >= 0.6 is 0 Å². The summed E-state index contributed by atoms with van der Waals surface area (Å²) in [6, 6.07) is 2.02. The summed E-state index contributed by atoms with van der Waals surface area (Å²) in [5.41, 5.74) is 4.05. The van der Waals surface area contributed by atoms with Gasteiger partial charge in [0.05, 0.1) is 23.7 Å². The molecule has 0 saturated carbocycles. The number of carbonyl (C=O) groups excluding carboxylic acids is 2. The fourth-order valence-corrected chi connectivity index (χ4v) is 6.21. The van der Waals surface area contributed by atoms with Crippen LogP contribution in [-0.2, 0) is 26.2 Å². The summed E-state index contributed by atoms with van der Waals surface area (Å²) in [6.07, 6.45) is 3.40. The number of amides is 2. The lowest BCUT2D eigenvalue weighted by Crippen LogP contribution is -2.51. The summed E-state index contributed by atoms with van der Waals surface area (Å²) in [4.78, 5) is 28.1. The minimum atomic E-state index is -3.71. The van der Waals surface area contributed by atoms with Gasteiger partial charge in [0.1, 0.15) is 5.69 Å². The van der Waals surface area contributed by atoms with E-state index in [9.17, 15) is 18.0 Å².